The lowest BCUT2D eigenvalue weighted by molar-refractivity contribution is 0.0697. The zero-order valence-corrected chi connectivity index (χ0v) is 12.8. The van der Waals surface area contributed by atoms with Gasteiger partial charge in [-0.2, -0.15) is 0 Å². The van der Waals surface area contributed by atoms with Crippen LogP contribution in [0.25, 0.3) is 0 Å². The molecule has 4 heteroatoms. The molecule has 2 aromatic carbocycles. The van der Waals surface area contributed by atoms with Gasteiger partial charge in [0, 0.05) is 18.1 Å². The molecule has 0 fully saturated rings. The molecule has 0 aliphatic carbocycles. The molecule has 0 saturated carbocycles. The number of rotatable bonds is 5. The van der Waals surface area contributed by atoms with Crippen molar-refractivity contribution in [1.82, 2.24) is 0 Å². The van der Waals surface area contributed by atoms with Gasteiger partial charge in [-0.3, -0.25) is 0 Å². The van der Waals surface area contributed by atoms with Crippen LogP contribution in [0.5, 0.6) is 0 Å². The van der Waals surface area contributed by atoms with Crippen LogP contribution in [-0.4, -0.2) is 24.7 Å². The molecule has 2 aromatic rings. The van der Waals surface area contributed by atoms with Crippen molar-refractivity contribution in [3.63, 3.8) is 0 Å². The monoisotopic (exact) mass is 333 g/mol. The average molecular weight is 334 g/mol. The fourth-order valence-corrected chi connectivity index (χ4v) is 2.41. The van der Waals surface area contributed by atoms with Crippen molar-refractivity contribution in [3.05, 3.63) is 64.1 Å². The van der Waals surface area contributed by atoms with E-state index in [-0.39, 0.29) is 0 Å². The van der Waals surface area contributed by atoms with Gasteiger partial charge in [0.05, 0.1) is 11.3 Å². The maximum atomic E-state index is 11.3. The van der Waals surface area contributed by atoms with Crippen LogP contribution in [-0.2, 0) is 6.42 Å². The minimum absolute atomic E-state index is 0.323. The molecule has 0 heterocycles. The number of carboxylic acids is 1. The Labute approximate surface area is 127 Å². The van der Waals surface area contributed by atoms with Crippen molar-refractivity contribution in [3.8, 4) is 0 Å². The molecule has 0 aliphatic heterocycles. The SMILES string of the molecule is CN(CCc1ccccc1)c1cc(Br)ccc1C(=O)O. The van der Waals surface area contributed by atoms with Gasteiger partial charge in [-0.25, -0.2) is 4.79 Å². The van der Waals surface area contributed by atoms with Gasteiger partial charge in [0.1, 0.15) is 0 Å². The zero-order chi connectivity index (χ0) is 14.5. The highest BCUT2D eigenvalue weighted by atomic mass is 79.9. The van der Waals surface area contributed by atoms with E-state index >= 15 is 0 Å². The first kappa shape index (κ1) is 14.6. The number of anilines is 1. The Morgan fingerprint density at radius 1 is 1.20 bits per heavy atom. The number of aromatic carboxylic acids is 1. The highest BCUT2D eigenvalue weighted by Gasteiger charge is 2.13. The molecule has 0 aromatic heterocycles. The predicted molar refractivity (Wildman–Crippen MR) is 84.5 cm³/mol. The zero-order valence-electron chi connectivity index (χ0n) is 11.2. The van der Waals surface area contributed by atoms with Crippen LogP contribution in [0.2, 0.25) is 0 Å². The van der Waals surface area contributed by atoms with E-state index in [4.69, 9.17) is 0 Å². The van der Waals surface area contributed by atoms with Crippen LogP contribution in [0.3, 0.4) is 0 Å². The summed E-state index contributed by atoms with van der Waals surface area (Å²) in [4.78, 5) is 13.2. The lowest BCUT2D eigenvalue weighted by Crippen LogP contribution is -2.22. The predicted octanol–water partition coefficient (Wildman–Crippen LogP) is 3.83. The molecule has 0 spiro atoms. The highest BCUT2D eigenvalue weighted by molar-refractivity contribution is 9.10. The first-order chi connectivity index (χ1) is 9.58. The summed E-state index contributed by atoms with van der Waals surface area (Å²) in [6.45, 7) is 0.765. The van der Waals surface area contributed by atoms with Crippen molar-refractivity contribution >= 4 is 27.6 Å². The summed E-state index contributed by atoms with van der Waals surface area (Å²) in [5, 5.41) is 9.25. The van der Waals surface area contributed by atoms with Gasteiger partial charge < -0.3 is 10.0 Å². The third-order valence-electron chi connectivity index (χ3n) is 3.18. The molecule has 0 aliphatic rings. The third kappa shape index (κ3) is 3.61. The maximum absolute atomic E-state index is 11.3. The van der Waals surface area contributed by atoms with Crippen LogP contribution < -0.4 is 4.90 Å². The van der Waals surface area contributed by atoms with Crippen molar-refractivity contribution in [1.29, 1.82) is 0 Å². The van der Waals surface area contributed by atoms with Crippen LogP contribution in [0.4, 0.5) is 5.69 Å². The fourth-order valence-electron chi connectivity index (χ4n) is 2.06. The van der Waals surface area contributed by atoms with E-state index in [0.717, 1.165) is 23.1 Å². The van der Waals surface area contributed by atoms with E-state index in [1.54, 1.807) is 12.1 Å². The third-order valence-corrected chi connectivity index (χ3v) is 3.67. The van der Waals surface area contributed by atoms with Gasteiger partial charge >= 0.3 is 5.97 Å². The summed E-state index contributed by atoms with van der Waals surface area (Å²) in [6, 6.07) is 15.4. The summed E-state index contributed by atoms with van der Waals surface area (Å²) in [5.41, 5.74) is 2.29. The van der Waals surface area contributed by atoms with E-state index in [2.05, 4.69) is 28.1 Å². The normalized spacial score (nSPS) is 10.3. The van der Waals surface area contributed by atoms with Gasteiger partial charge in [0.25, 0.3) is 0 Å². The molecule has 0 radical (unpaired) electrons. The molecular weight excluding hydrogens is 318 g/mol. The van der Waals surface area contributed by atoms with Crippen LogP contribution in [0.15, 0.2) is 53.0 Å². The van der Waals surface area contributed by atoms with Crippen LogP contribution in [0.1, 0.15) is 15.9 Å². The second kappa shape index (κ2) is 6.57. The number of nitrogens with zero attached hydrogens (tertiary/aromatic N) is 1. The number of halogens is 1. The second-order valence-corrected chi connectivity index (χ2v) is 5.54. The molecule has 1 N–H and O–H groups in total. The minimum atomic E-state index is -0.904. The Morgan fingerprint density at radius 3 is 2.55 bits per heavy atom. The summed E-state index contributed by atoms with van der Waals surface area (Å²) in [5.74, 6) is -0.904. The number of likely N-dealkylation sites (N-methyl/N-ethyl adjacent to an activating group) is 1. The number of benzene rings is 2. The van der Waals surface area contributed by atoms with Crippen molar-refractivity contribution in [2.24, 2.45) is 0 Å². The van der Waals surface area contributed by atoms with Gasteiger partial charge in [0.15, 0.2) is 0 Å². The van der Waals surface area contributed by atoms with E-state index in [1.165, 1.54) is 5.56 Å². The average Bonchev–Trinajstić information content (AvgIpc) is 2.45. The van der Waals surface area contributed by atoms with E-state index in [1.807, 2.05) is 36.2 Å². The molecule has 0 bridgehead atoms. The second-order valence-electron chi connectivity index (χ2n) is 4.62. The fraction of sp³-hybridized carbons (Fsp3) is 0.188. The molecule has 3 nitrogen and oxygen atoms in total. The van der Waals surface area contributed by atoms with Crippen LogP contribution in [0, 0.1) is 0 Å². The summed E-state index contributed by atoms with van der Waals surface area (Å²) >= 11 is 3.39. The smallest absolute Gasteiger partial charge is 0.337 e. The summed E-state index contributed by atoms with van der Waals surface area (Å²) in [7, 11) is 1.91. The first-order valence-electron chi connectivity index (χ1n) is 6.36. The van der Waals surface area contributed by atoms with Gasteiger partial charge in [-0.05, 0) is 30.2 Å². The molecule has 2 rings (SSSR count). The lowest BCUT2D eigenvalue weighted by atomic mass is 10.1. The van der Waals surface area contributed by atoms with Crippen molar-refractivity contribution in [2.75, 3.05) is 18.5 Å². The van der Waals surface area contributed by atoms with Crippen molar-refractivity contribution in [2.45, 2.75) is 6.42 Å². The topological polar surface area (TPSA) is 40.5 Å². The Bertz CT molecular complexity index is 599. The van der Waals surface area contributed by atoms with Crippen molar-refractivity contribution < 1.29 is 9.90 Å². The van der Waals surface area contributed by atoms with E-state index in [9.17, 15) is 9.90 Å². The molecule has 0 atom stereocenters. The van der Waals surface area contributed by atoms with E-state index < -0.39 is 5.97 Å². The van der Waals surface area contributed by atoms with Crippen LogP contribution >= 0.6 is 15.9 Å². The minimum Gasteiger partial charge on any atom is -0.478 e. The first-order valence-corrected chi connectivity index (χ1v) is 7.15. The molecule has 104 valence electrons. The summed E-state index contributed by atoms with van der Waals surface area (Å²) < 4.78 is 0.879. The molecule has 20 heavy (non-hydrogen) atoms. The van der Waals surface area contributed by atoms with Gasteiger partial charge in [-0.1, -0.05) is 46.3 Å². The molecular formula is C16H16BrNO2. The highest BCUT2D eigenvalue weighted by Crippen LogP contribution is 2.24. The summed E-state index contributed by atoms with van der Waals surface area (Å²) in [6.07, 6.45) is 0.878. The largest absolute Gasteiger partial charge is 0.478 e. The standard InChI is InChI=1S/C16H16BrNO2/c1-18(10-9-12-5-3-2-4-6-12)15-11-13(17)7-8-14(15)16(19)20/h2-8,11H,9-10H2,1H3,(H,19,20). The molecule has 0 saturated heterocycles. The Balaban J connectivity index is 2.14. The Kier molecular flexibility index (Phi) is 4.79. The quantitative estimate of drug-likeness (QED) is 0.904. The van der Waals surface area contributed by atoms with E-state index in [0.29, 0.717) is 5.56 Å². The number of hydrogen-bond donors (Lipinski definition) is 1. The van der Waals surface area contributed by atoms with Gasteiger partial charge in [0.2, 0.25) is 0 Å². The number of carbonyl (C=O) groups is 1. The Hall–Kier alpha value is -1.81. The number of hydrogen-bond acceptors (Lipinski definition) is 2. The lowest BCUT2D eigenvalue weighted by Gasteiger charge is -2.21. The maximum Gasteiger partial charge on any atom is 0.337 e. The number of carboxylic acid groups (broad SMARTS) is 1. The molecule has 0 amide bonds. The molecule has 0 unspecified atom stereocenters. The van der Waals surface area contributed by atoms with Gasteiger partial charge in [-0.15, -0.1) is 0 Å². The Morgan fingerprint density at radius 2 is 1.90 bits per heavy atom.